The van der Waals surface area contributed by atoms with Crippen LogP contribution in [0.3, 0.4) is 0 Å². The van der Waals surface area contributed by atoms with Crippen molar-refractivity contribution in [3.05, 3.63) is 42.2 Å². The third-order valence-corrected chi connectivity index (χ3v) is 3.61. The molecule has 104 valence electrons. The minimum atomic E-state index is -0.913. The molecule has 3 rings (SSSR count). The van der Waals surface area contributed by atoms with Crippen molar-refractivity contribution in [1.29, 1.82) is 0 Å². The van der Waals surface area contributed by atoms with Crippen molar-refractivity contribution in [3.63, 3.8) is 0 Å². The normalized spacial score (nSPS) is 16.2. The average molecular weight is 272 g/mol. The van der Waals surface area contributed by atoms with E-state index in [1.165, 1.54) is 0 Å². The zero-order valence-electron chi connectivity index (χ0n) is 11.0. The maximum absolute atomic E-state index is 11.0. The second-order valence-electron chi connectivity index (χ2n) is 4.94. The number of hydrogen-bond donors (Lipinski definition) is 1. The van der Waals surface area contributed by atoms with Gasteiger partial charge in [-0.3, -0.25) is 4.68 Å². The molecule has 0 amide bonds. The van der Waals surface area contributed by atoms with Crippen LogP contribution in [0.5, 0.6) is 0 Å². The van der Waals surface area contributed by atoms with E-state index >= 15 is 0 Å². The lowest BCUT2D eigenvalue weighted by molar-refractivity contribution is 0.0662. The summed E-state index contributed by atoms with van der Waals surface area (Å²) in [5.41, 5.74) is 2.11. The summed E-state index contributed by atoms with van der Waals surface area (Å²) >= 11 is 0. The number of ether oxygens (including phenoxy) is 1. The number of carbonyl (C=O) groups is 1. The number of aromatic carboxylic acids is 1. The van der Waals surface area contributed by atoms with E-state index in [2.05, 4.69) is 5.10 Å². The molecule has 1 aliphatic heterocycles. The first kappa shape index (κ1) is 12.9. The van der Waals surface area contributed by atoms with Crippen LogP contribution in [-0.4, -0.2) is 34.1 Å². The standard InChI is InChI=1S/C15H16N2O3/c18-15(19)12-3-1-2-11(8-12)13-9-16-17(10-13)14-4-6-20-7-5-14/h1-3,8-10,14H,4-7H2,(H,18,19). The molecule has 2 heterocycles. The number of carboxylic acids is 1. The molecule has 0 unspecified atom stereocenters. The van der Waals surface area contributed by atoms with Gasteiger partial charge in [0, 0.05) is 25.0 Å². The molecule has 1 N–H and O–H groups in total. The molecule has 0 saturated carbocycles. The average Bonchev–Trinajstić information content (AvgIpc) is 2.98. The lowest BCUT2D eigenvalue weighted by Crippen LogP contribution is -2.19. The number of nitrogens with zero attached hydrogens (tertiary/aromatic N) is 2. The number of carboxylic acid groups (broad SMARTS) is 1. The fourth-order valence-corrected chi connectivity index (χ4v) is 2.47. The highest BCUT2D eigenvalue weighted by Crippen LogP contribution is 2.25. The van der Waals surface area contributed by atoms with Gasteiger partial charge in [-0.15, -0.1) is 0 Å². The van der Waals surface area contributed by atoms with Gasteiger partial charge in [-0.25, -0.2) is 4.79 Å². The van der Waals surface area contributed by atoms with Gasteiger partial charge in [-0.05, 0) is 30.5 Å². The van der Waals surface area contributed by atoms with Crippen LogP contribution >= 0.6 is 0 Å². The lowest BCUT2D eigenvalue weighted by Gasteiger charge is -2.22. The zero-order valence-corrected chi connectivity index (χ0v) is 11.0. The fourth-order valence-electron chi connectivity index (χ4n) is 2.47. The Kier molecular flexibility index (Phi) is 3.52. The molecule has 0 spiro atoms. The molecule has 0 atom stereocenters. The van der Waals surface area contributed by atoms with Crippen LogP contribution in [0.25, 0.3) is 11.1 Å². The van der Waals surface area contributed by atoms with Gasteiger partial charge in [0.2, 0.25) is 0 Å². The molecule has 5 heteroatoms. The van der Waals surface area contributed by atoms with E-state index in [-0.39, 0.29) is 0 Å². The third-order valence-electron chi connectivity index (χ3n) is 3.61. The zero-order chi connectivity index (χ0) is 13.9. The second kappa shape index (κ2) is 5.46. The number of hydrogen-bond acceptors (Lipinski definition) is 3. The topological polar surface area (TPSA) is 64.3 Å². The van der Waals surface area contributed by atoms with Crippen LogP contribution in [0.2, 0.25) is 0 Å². The second-order valence-corrected chi connectivity index (χ2v) is 4.94. The van der Waals surface area contributed by atoms with Crippen LogP contribution in [0.15, 0.2) is 36.7 Å². The molecule has 1 saturated heterocycles. The van der Waals surface area contributed by atoms with Gasteiger partial charge in [-0.2, -0.15) is 5.10 Å². The van der Waals surface area contributed by atoms with Crippen molar-refractivity contribution in [2.24, 2.45) is 0 Å². The van der Waals surface area contributed by atoms with E-state index < -0.39 is 5.97 Å². The summed E-state index contributed by atoms with van der Waals surface area (Å²) in [7, 11) is 0. The van der Waals surface area contributed by atoms with Gasteiger partial charge in [0.25, 0.3) is 0 Å². The highest BCUT2D eigenvalue weighted by Gasteiger charge is 2.17. The molecule has 1 fully saturated rings. The predicted octanol–water partition coefficient (Wildman–Crippen LogP) is 2.60. The van der Waals surface area contributed by atoms with Gasteiger partial charge < -0.3 is 9.84 Å². The van der Waals surface area contributed by atoms with E-state index in [1.807, 2.05) is 16.9 Å². The van der Waals surface area contributed by atoms with Crippen molar-refractivity contribution in [3.8, 4) is 11.1 Å². The summed E-state index contributed by atoms with van der Waals surface area (Å²) in [5.74, 6) is -0.913. The van der Waals surface area contributed by atoms with Gasteiger partial charge in [0.1, 0.15) is 0 Å². The van der Waals surface area contributed by atoms with Crippen molar-refractivity contribution in [2.75, 3.05) is 13.2 Å². The first-order valence-corrected chi connectivity index (χ1v) is 6.69. The van der Waals surface area contributed by atoms with Crippen LogP contribution < -0.4 is 0 Å². The monoisotopic (exact) mass is 272 g/mol. The lowest BCUT2D eigenvalue weighted by atomic mass is 10.1. The van der Waals surface area contributed by atoms with Gasteiger partial charge >= 0.3 is 5.97 Å². The van der Waals surface area contributed by atoms with E-state index in [4.69, 9.17) is 9.84 Å². The molecular formula is C15H16N2O3. The number of benzene rings is 1. The third kappa shape index (κ3) is 2.58. The smallest absolute Gasteiger partial charge is 0.335 e. The van der Waals surface area contributed by atoms with Crippen LogP contribution in [0, 0.1) is 0 Å². The molecule has 5 nitrogen and oxygen atoms in total. The summed E-state index contributed by atoms with van der Waals surface area (Å²) in [6, 6.07) is 7.30. The van der Waals surface area contributed by atoms with Crippen molar-refractivity contribution < 1.29 is 14.6 Å². The van der Waals surface area contributed by atoms with Crippen LogP contribution in [0.4, 0.5) is 0 Å². The summed E-state index contributed by atoms with van der Waals surface area (Å²) in [5, 5.41) is 13.4. The van der Waals surface area contributed by atoms with Gasteiger partial charge in [-0.1, -0.05) is 12.1 Å². The highest BCUT2D eigenvalue weighted by molar-refractivity contribution is 5.89. The number of aromatic nitrogens is 2. The molecule has 0 radical (unpaired) electrons. The summed E-state index contributed by atoms with van der Waals surface area (Å²) < 4.78 is 7.31. The highest BCUT2D eigenvalue weighted by atomic mass is 16.5. The maximum Gasteiger partial charge on any atom is 0.335 e. The van der Waals surface area contributed by atoms with E-state index in [1.54, 1.807) is 24.4 Å². The fraction of sp³-hybridized carbons (Fsp3) is 0.333. The van der Waals surface area contributed by atoms with Crippen molar-refractivity contribution in [2.45, 2.75) is 18.9 Å². The maximum atomic E-state index is 11.0. The van der Waals surface area contributed by atoms with Gasteiger partial charge in [0.05, 0.1) is 17.8 Å². The summed E-state index contributed by atoms with van der Waals surface area (Å²) in [4.78, 5) is 11.0. The Morgan fingerprint density at radius 3 is 2.85 bits per heavy atom. The Morgan fingerprint density at radius 2 is 2.10 bits per heavy atom. The molecule has 0 aliphatic carbocycles. The SMILES string of the molecule is O=C(O)c1cccc(-c2cnn(C3CCOCC3)c2)c1. The number of rotatable bonds is 3. The minimum absolute atomic E-state index is 0.293. The molecule has 1 aromatic heterocycles. The molecule has 2 aromatic rings. The van der Waals surface area contributed by atoms with Crippen LogP contribution in [0.1, 0.15) is 29.2 Å². The first-order chi connectivity index (χ1) is 9.74. The Morgan fingerprint density at radius 1 is 1.30 bits per heavy atom. The quantitative estimate of drug-likeness (QED) is 0.932. The molecule has 0 bridgehead atoms. The Bertz CT molecular complexity index is 615. The van der Waals surface area contributed by atoms with Crippen LogP contribution in [-0.2, 0) is 4.74 Å². The van der Waals surface area contributed by atoms with E-state index in [0.717, 1.165) is 37.2 Å². The molecular weight excluding hydrogens is 256 g/mol. The molecule has 20 heavy (non-hydrogen) atoms. The Hall–Kier alpha value is -2.14. The minimum Gasteiger partial charge on any atom is -0.478 e. The van der Waals surface area contributed by atoms with Gasteiger partial charge in [0.15, 0.2) is 0 Å². The molecule has 1 aliphatic rings. The van der Waals surface area contributed by atoms with Crippen molar-refractivity contribution >= 4 is 5.97 Å². The van der Waals surface area contributed by atoms with E-state index in [0.29, 0.717) is 11.6 Å². The largest absolute Gasteiger partial charge is 0.478 e. The summed E-state index contributed by atoms with van der Waals surface area (Å²) in [6.45, 7) is 1.54. The Balaban J connectivity index is 1.85. The first-order valence-electron chi connectivity index (χ1n) is 6.69. The summed E-state index contributed by atoms with van der Waals surface area (Å²) in [6.07, 6.45) is 5.71. The predicted molar refractivity (Wildman–Crippen MR) is 73.7 cm³/mol. The van der Waals surface area contributed by atoms with Crippen molar-refractivity contribution in [1.82, 2.24) is 9.78 Å². The molecule has 1 aromatic carbocycles. The van der Waals surface area contributed by atoms with E-state index in [9.17, 15) is 4.79 Å². The Labute approximate surface area is 116 Å².